The average molecular weight is 335 g/mol. The first-order valence-corrected chi connectivity index (χ1v) is 7.08. The summed E-state index contributed by atoms with van der Waals surface area (Å²) >= 11 is 0. The largest absolute Gasteiger partial charge is 0.493 e. The predicted molar refractivity (Wildman–Crippen MR) is 89.3 cm³/mol. The maximum atomic E-state index is 5.98. The Morgan fingerprint density at radius 2 is 1.90 bits per heavy atom. The van der Waals surface area contributed by atoms with Gasteiger partial charge in [0.2, 0.25) is 0 Å². The van der Waals surface area contributed by atoms with Crippen molar-refractivity contribution >= 4 is 24.8 Å². The van der Waals surface area contributed by atoms with E-state index in [2.05, 4.69) is 10.2 Å². The van der Waals surface area contributed by atoms with Gasteiger partial charge in [0.1, 0.15) is 6.10 Å². The fraction of sp³-hybridized carbons (Fsp3) is 0.600. The van der Waals surface area contributed by atoms with Gasteiger partial charge >= 0.3 is 0 Å². The summed E-state index contributed by atoms with van der Waals surface area (Å²) in [6, 6.07) is 7.86. The third kappa shape index (κ3) is 4.65. The van der Waals surface area contributed by atoms with Crippen molar-refractivity contribution in [2.24, 2.45) is 5.92 Å². The fourth-order valence-corrected chi connectivity index (χ4v) is 2.88. The van der Waals surface area contributed by atoms with Crippen LogP contribution in [0.4, 0.5) is 0 Å². The van der Waals surface area contributed by atoms with Crippen LogP contribution < -0.4 is 14.8 Å². The van der Waals surface area contributed by atoms with Gasteiger partial charge in [-0.3, -0.25) is 4.90 Å². The molecule has 3 rings (SSSR count). The molecule has 2 aliphatic rings. The first kappa shape index (κ1) is 18.4. The van der Waals surface area contributed by atoms with E-state index in [0.717, 1.165) is 30.5 Å². The van der Waals surface area contributed by atoms with Crippen LogP contribution >= 0.6 is 24.8 Å². The number of methoxy groups -OCH3 is 1. The van der Waals surface area contributed by atoms with Crippen molar-refractivity contribution in [2.75, 3.05) is 39.8 Å². The highest BCUT2D eigenvalue weighted by atomic mass is 35.5. The molecule has 0 aliphatic carbocycles. The van der Waals surface area contributed by atoms with Gasteiger partial charge in [-0.05, 0) is 37.6 Å². The van der Waals surface area contributed by atoms with E-state index in [4.69, 9.17) is 9.47 Å². The molecule has 1 atom stereocenters. The lowest BCUT2D eigenvalue weighted by atomic mass is 10.0. The topological polar surface area (TPSA) is 33.7 Å². The second-order valence-electron chi connectivity index (χ2n) is 5.47. The number of likely N-dealkylation sites (tertiary alicyclic amines) is 1. The highest BCUT2D eigenvalue weighted by Gasteiger charge is 2.31. The zero-order chi connectivity index (χ0) is 13.1. The zero-order valence-corrected chi connectivity index (χ0v) is 13.9. The lowest BCUT2D eigenvalue weighted by Crippen LogP contribution is -2.55. The molecule has 120 valence electrons. The van der Waals surface area contributed by atoms with Crippen molar-refractivity contribution < 1.29 is 9.47 Å². The Balaban J connectivity index is 0.00000110. The number of benzene rings is 1. The van der Waals surface area contributed by atoms with Crippen LogP contribution in [0.25, 0.3) is 0 Å². The van der Waals surface area contributed by atoms with Gasteiger partial charge in [-0.2, -0.15) is 0 Å². The zero-order valence-electron chi connectivity index (χ0n) is 12.3. The average Bonchev–Trinajstić information content (AvgIpc) is 2.89. The molecule has 2 saturated heterocycles. The van der Waals surface area contributed by atoms with Gasteiger partial charge in [-0.25, -0.2) is 0 Å². The number of hydrogen-bond donors (Lipinski definition) is 1. The Morgan fingerprint density at radius 1 is 1.19 bits per heavy atom. The van der Waals surface area contributed by atoms with E-state index < -0.39 is 0 Å². The van der Waals surface area contributed by atoms with Gasteiger partial charge in [0.25, 0.3) is 0 Å². The summed E-state index contributed by atoms with van der Waals surface area (Å²) in [4.78, 5) is 2.48. The number of ether oxygens (including phenoxy) is 2. The van der Waals surface area contributed by atoms with Crippen molar-refractivity contribution in [2.45, 2.75) is 12.5 Å². The van der Waals surface area contributed by atoms with E-state index in [-0.39, 0.29) is 24.8 Å². The summed E-state index contributed by atoms with van der Waals surface area (Å²) in [6.45, 7) is 5.63. The quantitative estimate of drug-likeness (QED) is 0.895. The summed E-state index contributed by atoms with van der Waals surface area (Å²) in [5.41, 5.74) is 0. The fourth-order valence-electron chi connectivity index (χ4n) is 2.88. The number of rotatable bonds is 5. The lowest BCUT2D eigenvalue weighted by molar-refractivity contribution is 0.0104. The molecule has 1 N–H and O–H groups in total. The Hall–Kier alpha value is -0.680. The number of halogens is 2. The maximum Gasteiger partial charge on any atom is 0.161 e. The molecule has 2 aliphatic heterocycles. The molecule has 1 aromatic carbocycles. The second kappa shape index (κ2) is 8.69. The SMILES string of the molecule is COc1ccccc1OC1CN(CC2CCNC2)C1.Cl.Cl. The number of nitrogens with zero attached hydrogens (tertiary/aromatic N) is 1. The third-order valence-corrected chi connectivity index (χ3v) is 3.97. The van der Waals surface area contributed by atoms with Gasteiger partial charge in [0.05, 0.1) is 7.11 Å². The molecule has 1 aromatic rings. The molecule has 1 unspecified atom stereocenters. The molecule has 0 amide bonds. The van der Waals surface area contributed by atoms with E-state index in [1.54, 1.807) is 7.11 Å². The summed E-state index contributed by atoms with van der Waals surface area (Å²) in [5, 5.41) is 3.42. The van der Waals surface area contributed by atoms with Gasteiger partial charge in [0.15, 0.2) is 11.5 Å². The van der Waals surface area contributed by atoms with Crippen molar-refractivity contribution in [3.63, 3.8) is 0 Å². The summed E-state index contributed by atoms with van der Waals surface area (Å²) < 4.78 is 11.3. The Labute approximate surface area is 139 Å². The molecule has 0 bridgehead atoms. The van der Waals surface area contributed by atoms with E-state index >= 15 is 0 Å². The smallest absolute Gasteiger partial charge is 0.161 e. The molecule has 21 heavy (non-hydrogen) atoms. The molecule has 0 spiro atoms. The first-order valence-electron chi connectivity index (χ1n) is 7.08. The minimum absolute atomic E-state index is 0. The Bertz CT molecular complexity index is 422. The summed E-state index contributed by atoms with van der Waals surface area (Å²) in [7, 11) is 1.68. The molecule has 2 fully saturated rings. The number of hydrogen-bond acceptors (Lipinski definition) is 4. The highest BCUT2D eigenvalue weighted by molar-refractivity contribution is 5.85. The molecule has 4 nitrogen and oxygen atoms in total. The van der Waals surface area contributed by atoms with Gasteiger partial charge < -0.3 is 14.8 Å². The molecule has 0 radical (unpaired) electrons. The van der Waals surface area contributed by atoms with Crippen LogP contribution in [0.2, 0.25) is 0 Å². The van der Waals surface area contributed by atoms with E-state index in [0.29, 0.717) is 6.10 Å². The second-order valence-corrected chi connectivity index (χ2v) is 5.47. The van der Waals surface area contributed by atoms with Crippen molar-refractivity contribution in [1.82, 2.24) is 10.2 Å². The van der Waals surface area contributed by atoms with Crippen LogP contribution in [-0.2, 0) is 0 Å². The highest BCUT2D eigenvalue weighted by Crippen LogP contribution is 2.29. The van der Waals surface area contributed by atoms with Gasteiger partial charge in [0, 0.05) is 19.6 Å². The van der Waals surface area contributed by atoms with Gasteiger partial charge in [-0.15, -0.1) is 24.8 Å². The Morgan fingerprint density at radius 3 is 2.52 bits per heavy atom. The third-order valence-electron chi connectivity index (χ3n) is 3.97. The molecular weight excluding hydrogens is 311 g/mol. The van der Waals surface area contributed by atoms with Crippen LogP contribution in [-0.4, -0.2) is 50.8 Å². The standard InChI is InChI=1S/C15H22N2O2.2ClH/c1-18-14-4-2-3-5-15(14)19-13-10-17(11-13)9-12-6-7-16-8-12;;/h2-5,12-13,16H,6-11H2,1H3;2*1H. The Kier molecular flexibility index (Phi) is 7.60. The minimum atomic E-state index is 0. The molecule has 6 heteroatoms. The molecular formula is C15H24Cl2N2O2. The lowest BCUT2D eigenvalue weighted by Gasteiger charge is -2.40. The van der Waals surface area contributed by atoms with Crippen LogP contribution in [0.5, 0.6) is 11.5 Å². The van der Waals surface area contributed by atoms with Gasteiger partial charge in [-0.1, -0.05) is 12.1 Å². The number of para-hydroxylation sites is 2. The van der Waals surface area contributed by atoms with E-state index in [9.17, 15) is 0 Å². The predicted octanol–water partition coefficient (Wildman–Crippen LogP) is 2.21. The van der Waals surface area contributed by atoms with Crippen LogP contribution in [0, 0.1) is 5.92 Å². The van der Waals surface area contributed by atoms with Crippen LogP contribution in [0.15, 0.2) is 24.3 Å². The molecule has 0 aromatic heterocycles. The van der Waals surface area contributed by atoms with E-state index in [1.165, 1.54) is 26.1 Å². The minimum Gasteiger partial charge on any atom is -0.493 e. The maximum absolute atomic E-state index is 5.98. The normalized spacial score (nSPS) is 21.9. The van der Waals surface area contributed by atoms with E-state index in [1.807, 2.05) is 24.3 Å². The van der Waals surface area contributed by atoms with Crippen molar-refractivity contribution in [3.8, 4) is 11.5 Å². The first-order chi connectivity index (χ1) is 9.35. The van der Waals surface area contributed by atoms with Crippen molar-refractivity contribution in [3.05, 3.63) is 24.3 Å². The van der Waals surface area contributed by atoms with Crippen LogP contribution in [0.3, 0.4) is 0 Å². The number of nitrogens with one attached hydrogen (secondary N) is 1. The van der Waals surface area contributed by atoms with Crippen LogP contribution in [0.1, 0.15) is 6.42 Å². The monoisotopic (exact) mass is 334 g/mol. The molecule has 0 saturated carbocycles. The molecule has 2 heterocycles. The van der Waals surface area contributed by atoms with Crippen molar-refractivity contribution in [1.29, 1.82) is 0 Å². The summed E-state index contributed by atoms with van der Waals surface area (Å²) in [6.07, 6.45) is 1.62. The summed E-state index contributed by atoms with van der Waals surface area (Å²) in [5.74, 6) is 2.50.